The van der Waals surface area contributed by atoms with Gasteiger partial charge < -0.3 is 34.8 Å². The van der Waals surface area contributed by atoms with Gasteiger partial charge in [0.1, 0.15) is 12.4 Å². The number of nitrogens with one attached hydrogen (secondary N) is 1. The number of halogens is 4. The number of carboxylic acid groups (broad SMARTS) is 2. The highest BCUT2D eigenvalue weighted by molar-refractivity contribution is 7.98. The molecule has 6 rings (SSSR count). The first kappa shape index (κ1) is 47.2. The minimum atomic E-state index is -4.40. The molecule has 5 aromatic rings. The molecule has 14 nitrogen and oxygen atoms in total. The molecular weight excluding hydrogens is 837 g/mol. The zero-order chi connectivity index (χ0) is 45.0. The summed E-state index contributed by atoms with van der Waals surface area (Å²) in [7, 11) is 0. The molecule has 1 aliphatic heterocycles. The number of hydrogen-bond acceptors (Lipinski definition) is 10. The molecule has 0 aliphatic carbocycles. The molecule has 1 saturated heterocycles. The van der Waals surface area contributed by atoms with Crippen molar-refractivity contribution in [3.05, 3.63) is 135 Å². The van der Waals surface area contributed by atoms with Crippen molar-refractivity contribution in [2.24, 2.45) is 0 Å². The highest BCUT2D eigenvalue weighted by Crippen LogP contribution is 2.31. The zero-order valence-electron chi connectivity index (χ0n) is 33.5. The van der Waals surface area contributed by atoms with E-state index in [1.807, 2.05) is 36.1 Å². The molecule has 0 spiro atoms. The number of benzene rings is 3. The predicted octanol–water partition coefficient (Wildman–Crippen LogP) is 5.63. The molecule has 3 heterocycles. The highest BCUT2D eigenvalue weighted by atomic mass is 32.2. The molecule has 3 aromatic carbocycles. The first-order valence-corrected chi connectivity index (χ1v) is 20.5. The van der Waals surface area contributed by atoms with Gasteiger partial charge in [0.2, 0.25) is 5.91 Å². The molecule has 19 heteroatoms. The van der Waals surface area contributed by atoms with Crippen LogP contribution in [0.2, 0.25) is 0 Å². The molecule has 330 valence electrons. The van der Waals surface area contributed by atoms with Crippen LogP contribution in [0.1, 0.15) is 59.9 Å². The second-order valence-corrected chi connectivity index (χ2v) is 15.6. The summed E-state index contributed by atoms with van der Waals surface area (Å²) in [6, 6.07) is 18.7. The monoisotopic (exact) mass is 882 g/mol. The molecular formula is C43H46F4N6O8S. The van der Waals surface area contributed by atoms with E-state index >= 15 is 0 Å². The number of aliphatic hydroxyl groups excluding tert-OH is 2. The Morgan fingerprint density at radius 2 is 1.45 bits per heavy atom. The van der Waals surface area contributed by atoms with E-state index < -0.39 is 41.4 Å². The molecule has 0 bridgehead atoms. The maximum absolute atomic E-state index is 14.3. The number of alkyl halides is 3. The Kier molecular flexibility index (Phi) is 16.6. The Morgan fingerprint density at radius 3 is 2.00 bits per heavy atom. The van der Waals surface area contributed by atoms with Gasteiger partial charge in [-0.15, -0.1) is 0 Å². The summed E-state index contributed by atoms with van der Waals surface area (Å²) in [5.74, 6) is -3.94. The standard InChI is InChI=1S/C39H40F4N6O2S.C4H6O6/c1-27(32-21-44-45-22-32)35-24-49(38(46-37(35)51)52-26-29-7-15-34(40)16-8-29)25-36(50)48(20-19-47-17-3-2-4-18-47)23-28-5-9-30(10-6-28)31-11-13-33(14-12-31)39(41,42)43;5-1(3(7)8)2(6)4(9)10/h5-16,21-22,24,27H,2-4,17-20,23,25-26H2,1H3,(H,44,45);1-2,5-6H,(H,7,8)(H,9,10). The number of aliphatic carboxylic acids is 2. The number of carbonyl (C=O) groups is 3. The van der Waals surface area contributed by atoms with Gasteiger partial charge in [-0.25, -0.2) is 14.0 Å². The van der Waals surface area contributed by atoms with Crippen LogP contribution in [0.5, 0.6) is 0 Å². The number of carbonyl (C=O) groups excluding carboxylic acids is 1. The van der Waals surface area contributed by atoms with Crippen molar-refractivity contribution >= 4 is 29.6 Å². The maximum atomic E-state index is 14.3. The Balaban J connectivity index is 0.000000646. The van der Waals surface area contributed by atoms with Gasteiger partial charge in [-0.2, -0.15) is 23.3 Å². The van der Waals surface area contributed by atoms with Crippen LogP contribution in [0.4, 0.5) is 17.6 Å². The summed E-state index contributed by atoms with van der Waals surface area (Å²) < 4.78 is 54.5. The summed E-state index contributed by atoms with van der Waals surface area (Å²) in [6.07, 6.45) is -0.413. The summed E-state index contributed by atoms with van der Waals surface area (Å²) >= 11 is 1.30. The van der Waals surface area contributed by atoms with Crippen LogP contribution >= 0.6 is 11.8 Å². The quantitative estimate of drug-likeness (QED) is 0.0466. The Hall–Kier alpha value is -5.89. The van der Waals surface area contributed by atoms with Gasteiger partial charge in [-0.1, -0.05) is 73.6 Å². The molecule has 62 heavy (non-hydrogen) atoms. The summed E-state index contributed by atoms with van der Waals surface area (Å²) in [4.78, 5) is 55.8. The Bertz CT molecular complexity index is 2290. The van der Waals surface area contributed by atoms with E-state index in [0.717, 1.165) is 60.3 Å². The third-order valence-corrected chi connectivity index (χ3v) is 11.3. The van der Waals surface area contributed by atoms with Gasteiger partial charge in [-0.3, -0.25) is 14.7 Å². The number of nitrogens with zero attached hydrogens (tertiary/aromatic N) is 5. The van der Waals surface area contributed by atoms with E-state index in [9.17, 15) is 36.7 Å². The maximum Gasteiger partial charge on any atom is 0.416 e. The number of aromatic amines is 1. The van der Waals surface area contributed by atoms with Gasteiger partial charge in [-0.05, 0) is 78.0 Å². The molecule has 2 aromatic heterocycles. The van der Waals surface area contributed by atoms with Gasteiger partial charge in [0.25, 0.3) is 5.56 Å². The highest BCUT2D eigenvalue weighted by Gasteiger charge is 2.30. The second kappa shape index (κ2) is 21.8. The number of amides is 1. The largest absolute Gasteiger partial charge is 0.479 e. The first-order chi connectivity index (χ1) is 29.5. The molecule has 3 unspecified atom stereocenters. The third-order valence-electron chi connectivity index (χ3n) is 10.2. The van der Waals surface area contributed by atoms with E-state index in [4.69, 9.17) is 20.4 Å². The van der Waals surface area contributed by atoms with Gasteiger partial charge in [0.15, 0.2) is 17.4 Å². The number of rotatable bonds is 16. The molecule has 1 amide bonds. The SMILES string of the molecule is CC(c1cn[nH]c1)c1cn(CC(=O)N(CCN2CCCCC2)Cc2ccc(-c3ccc(C(F)(F)F)cc3)cc2)c(SCc2ccc(F)cc2)nc1=O.O=C(O)C(O)C(O)C(=O)O. The minimum absolute atomic E-state index is 0.0617. The summed E-state index contributed by atoms with van der Waals surface area (Å²) in [6.45, 7) is 5.31. The molecule has 1 aliphatic rings. The van der Waals surface area contributed by atoms with Gasteiger partial charge in [0.05, 0.1) is 11.8 Å². The molecule has 5 N–H and O–H groups in total. The van der Waals surface area contributed by atoms with Crippen molar-refractivity contribution in [2.45, 2.75) is 74.5 Å². The fourth-order valence-electron chi connectivity index (χ4n) is 6.55. The lowest BCUT2D eigenvalue weighted by molar-refractivity contribution is -0.165. The van der Waals surface area contributed by atoms with E-state index in [1.165, 1.54) is 42.4 Å². The average molecular weight is 883 g/mol. The normalized spacial score (nSPS) is 14.6. The van der Waals surface area contributed by atoms with Crippen molar-refractivity contribution in [2.75, 3.05) is 26.2 Å². The van der Waals surface area contributed by atoms with E-state index in [0.29, 0.717) is 41.7 Å². The van der Waals surface area contributed by atoms with Crippen molar-refractivity contribution in [1.82, 2.24) is 29.5 Å². The van der Waals surface area contributed by atoms with Crippen LogP contribution in [0.3, 0.4) is 0 Å². The van der Waals surface area contributed by atoms with Crippen LogP contribution in [-0.2, 0) is 39.4 Å². The average Bonchev–Trinajstić information content (AvgIpc) is 3.81. The number of aromatic nitrogens is 4. The summed E-state index contributed by atoms with van der Waals surface area (Å²) in [5, 5.41) is 39.7. The van der Waals surface area contributed by atoms with E-state index in [-0.39, 0.29) is 24.2 Å². The topological polar surface area (TPSA) is 202 Å². The van der Waals surface area contributed by atoms with Crippen LogP contribution in [0.25, 0.3) is 11.1 Å². The number of likely N-dealkylation sites (tertiary alicyclic amines) is 1. The fraction of sp³-hybridized carbons (Fsp3) is 0.349. The molecule has 0 saturated carbocycles. The van der Waals surface area contributed by atoms with Crippen LogP contribution in [0.15, 0.2) is 101 Å². The van der Waals surface area contributed by atoms with Crippen molar-refractivity contribution < 1.29 is 52.4 Å². The Labute approximate surface area is 357 Å². The number of H-pyrrole nitrogens is 1. The summed E-state index contributed by atoms with van der Waals surface area (Å²) in [5.41, 5.74) is 3.30. The molecule has 1 fully saturated rings. The van der Waals surface area contributed by atoms with Crippen molar-refractivity contribution in [1.29, 1.82) is 0 Å². The first-order valence-electron chi connectivity index (χ1n) is 19.6. The van der Waals surface area contributed by atoms with Crippen molar-refractivity contribution in [3.8, 4) is 11.1 Å². The van der Waals surface area contributed by atoms with Gasteiger partial charge in [0, 0.05) is 49.3 Å². The molecule has 3 atom stereocenters. The zero-order valence-corrected chi connectivity index (χ0v) is 34.4. The lowest BCUT2D eigenvalue weighted by Crippen LogP contribution is -2.41. The number of carboxylic acids is 2. The number of aliphatic hydroxyl groups is 2. The van der Waals surface area contributed by atoms with E-state index in [1.54, 1.807) is 35.3 Å². The minimum Gasteiger partial charge on any atom is -0.479 e. The predicted molar refractivity (Wildman–Crippen MR) is 220 cm³/mol. The number of hydrogen-bond donors (Lipinski definition) is 5. The number of thioether (sulfide) groups is 1. The third kappa shape index (κ3) is 13.3. The van der Waals surface area contributed by atoms with Crippen molar-refractivity contribution in [3.63, 3.8) is 0 Å². The van der Waals surface area contributed by atoms with Crippen LogP contribution in [-0.4, -0.2) is 106 Å². The lowest BCUT2D eigenvalue weighted by atomic mass is 9.98. The number of piperidine rings is 1. The van der Waals surface area contributed by atoms with E-state index in [2.05, 4.69) is 20.1 Å². The lowest BCUT2D eigenvalue weighted by Gasteiger charge is -2.30. The Morgan fingerprint density at radius 1 is 0.871 bits per heavy atom. The smallest absolute Gasteiger partial charge is 0.416 e. The second-order valence-electron chi connectivity index (χ2n) is 14.6. The molecule has 0 radical (unpaired) electrons. The van der Waals surface area contributed by atoms with Gasteiger partial charge >= 0.3 is 18.1 Å². The van der Waals surface area contributed by atoms with Crippen LogP contribution in [0, 0.1) is 5.82 Å². The van der Waals surface area contributed by atoms with Crippen LogP contribution < -0.4 is 5.56 Å². The fourth-order valence-corrected chi connectivity index (χ4v) is 7.47.